The molecule has 0 spiro atoms. The Bertz CT molecular complexity index is 708. The Kier molecular flexibility index (Phi) is 7.76. The van der Waals surface area contributed by atoms with E-state index in [2.05, 4.69) is 14.9 Å². The van der Waals surface area contributed by atoms with Crippen LogP contribution in [-0.4, -0.2) is 40.4 Å². The molecular weight excluding hydrogens is 454 g/mol. The SMILES string of the molecule is I.NC(=NCc1ccnc(Oc2ccc(F)cc2)c1)N1CCSCC1. The van der Waals surface area contributed by atoms with Gasteiger partial charge in [-0.05, 0) is 35.9 Å². The van der Waals surface area contributed by atoms with Crippen molar-refractivity contribution >= 4 is 41.7 Å². The summed E-state index contributed by atoms with van der Waals surface area (Å²) < 4.78 is 18.5. The van der Waals surface area contributed by atoms with Crippen LogP contribution < -0.4 is 10.5 Å². The minimum atomic E-state index is -0.301. The van der Waals surface area contributed by atoms with Crippen LogP contribution in [0.25, 0.3) is 0 Å². The standard InChI is InChI=1S/C17H19FN4OS.HI/c18-14-1-3-15(4-2-14)23-16-11-13(5-6-20-16)12-21-17(19)22-7-9-24-10-8-22;/h1-6,11H,7-10,12H2,(H2,19,21);1H. The van der Waals surface area contributed by atoms with Gasteiger partial charge in [0.1, 0.15) is 11.6 Å². The summed E-state index contributed by atoms with van der Waals surface area (Å²) in [6.45, 7) is 2.35. The van der Waals surface area contributed by atoms with Gasteiger partial charge in [0.05, 0.1) is 6.54 Å². The lowest BCUT2D eigenvalue weighted by Gasteiger charge is -2.27. The predicted octanol–water partition coefficient (Wildman–Crippen LogP) is 3.49. The molecule has 1 saturated heterocycles. The van der Waals surface area contributed by atoms with E-state index < -0.39 is 0 Å². The molecule has 1 fully saturated rings. The Morgan fingerprint density at radius 1 is 1.24 bits per heavy atom. The molecule has 3 rings (SSSR count). The first kappa shape index (κ1) is 19.8. The number of guanidine groups is 1. The molecule has 5 nitrogen and oxygen atoms in total. The molecule has 2 heterocycles. The average Bonchev–Trinajstić information content (AvgIpc) is 2.63. The maximum atomic E-state index is 12.9. The molecule has 8 heteroatoms. The molecule has 0 unspecified atom stereocenters. The second kappa shape index (κ2) is 9.81. The van der Waals surface area contributed by atoms with Crippen LogP contribution in [0.15, 0.2) is 47.6 Å². The molecule has 0 saturated carbocycles. The van der Waals surface area contributed by atoms with E-state index in [9.17, 15) is 4.39 Å². The second-order valence-electron chi connectivity index (χ2n) is 5.33. The predicted molar refractivity (Wildman–Crippen MR) is 110 cm³/mol. The summed E-state index contributed by atoms with van der Waals surface area (Å²) in [7, 11) is 0. The summed E-state index contributed by atoms with van der Waals surface area (Å²) in [4.78, 5) is 10.7. The molecule has 0 radical (unpaired) electrons. The Hall–Kier alpha value is -1.55. The van der Waals surface area contributed by atoms with Crippen molar-refractivity contribution in [1.29, 1.82) is 0 Å². The van der Waals surface area contributed by atoms with Crippen molar-refractivity contribution in [2.75, 3.05) is 24.6 Å². The van der Waals surface area contributed by atoms with E-state index in [1.807, 2.05) is 23.9 Å². The lowest BCUT2D eigenvalue weighted by atomic mass is 10.2. The molecular formula is C17H20FIN4OS. The number of ether oxygens (including phenoxy) is 1. The molecule has 1 aliphatic rings. The summed E-state index contributed by atoms with van der Waals surface area (Å²) in [5.74, 6) is 3.43. The molecule has 2 N–H and O–H groups in total. The lowest BCUT2D eigenvalue weighted by molar-refractivity contribution is 0.455. The number of pyridine rings is 1. The van der Waals surface area contributed by atoms with Crippen LogP contribution in [0.5, 0.6) is 11.6 Å². The normalized spacial score (nSPS) is 14.8. The van der Waals surface area contributed by atoms with E-state index in [-0.39, 0.29) is 29.8 Å². The maximum Gasteiger partial charge on any atom is 0.219 e. The van der Waals surface area contributed by atoms with Crippen molar-refractivity contribution in [3.8, 4) is 11.6 Å². The number of nitrogens with two attached hydrogens (primary N) is 1. The van der Waals surface area contributed by atoms with Crippen molar-refractivity contribution in [1.82, 2.24) is 9.88 Å². The van der Waals surface area contributed by atoms with E-state index >= 15 is 0 Å². The van der Waals surface area contributed by atoms with Gasteiger partial charge in [0.25, 0.3) is 0 Å². The van der Waals surface area contributed by atoms with Gasteiger partial charge in [-0.25, -0.2) is 14.4 Å². The Balaban J connectivity index is 0.00000225. The highest BCUT2D eigenvalue weighted by Gasteiger charge is 2.12. The first-order valence-corrected chi connectivity index (χ1v) is 8.87. The Labute approximate surface area is 167 Å². The Morgan fingerprint density at radius 3 is 2.68 bits per heavy atom. The molecule has 0 atom stereocenters. The van der Waals surface area contributed by atoms with E-state index in [4.69, 9.17) is 10.5 Å². The molecule has 134 valence electrons. The van der Waals surface area contributed by atoms with E-state index in [0.29, 0.717) is 24.1 Å². The van der Waals surface area contributed by atoms with Crippen molar-refractivity contribution in [2.24, 2.45) is 10.7 Å². The van der Waals surface area contributed by atoms with Gasteiger partial charge < -0.3 is 15.4 Å². The molecule has 0 amide bonds. The molecule has 1 aromatic heterocycles. The number of thioether (sulfide) groups is 1. The van der Waals surface area contributed by atoms with Crippen LogP contribution >= 0.6 is 35.7 Å². The maximum absolute atomic E-state index is 12.9. The topological polar surface area (TPSA) is 63.7 Å². The van der Waals surface area contributed by atoms with Crippen LogP contribution in [0, 0.1) is 5.82 Å². The fourth-order valence-corrected chi connectivity index (χ4v) is 3.20. The summed E-state index contributed by atoms with van der Waals surface area (Å²) in [6.07, 6.45) is 1.66. The monoisotopic (exact) mass is 474 g/mol. The number of halogens is 2. The highest BCUT2D eigenvalue weighted by atomic mass is 127. The summed E-state index contributed by atoms with van der Waals surface area (Å²) in [5, 5.41) is 0. The van der Waals surface area contributed by atoms with Crippen molar-refractivity contribution in [3.05, 3.63) is 54.0 Å². The second-order valence-corrected chi connectivity index (χ2v) is 6.56. The van der Waals surface area contributed by atoms with Gasteiger partial charge in [0.2, 0.25) is 5.88 Å². The quantitative estimate of drug-likeness (QED) is 0.418. The van der Waals surface area contributed by atoms with Crippen LogP contribution in [0.4, 0.5) is 4.39 Å². The number of rotatable bonds is 4. The minimum Gasteiger partial charge on any atom is -0.439 e. The van der Waals surface area contributed by atoms with E-state index in [1.165, 1.54) is 12.1 Å². The highest BCUT2D eigenvalue weighted by molar-refractivity contribution is 14.0. The van der Waals surface area contributed by atoms with Crippen molar-refractivity contribution < 1.29 is 9.13 Å². The molecule has 0 aliphatic carbocycles. The smallest absolute Gasteiger partial charge is 0.219 e. The van der Waals surface area contributed by atoms with E-state index in [0.717, 1.165) is 30.2 Å². The van der Waals surface area contributed by atoms with Crippen molar-refractivity contribution in [3.63, 3.8) is 0 Å². The third-order valence-electron chi connectivity index (χ3n) is 3.59. The number of hydrogen-bond acceptors (Lipinski definition) is 4. The molecule has 0 bridgehead atoms. The van der Waals surface area contributed by atoms with Gasteiger partial charge in [0, 0.05) is 36.9 Å². The van der Waals surface area contributed by atoms with Crippen molar-refractivity contribution in [2.45, 2.75) is 6.54 Å². The minimum absolute atomic E-state index is 0. The lowest BCUT2D eigenvalue weighted by Crippen LogP contribution is -2.42. The number of aromatic nitrogens is 1. The first-order valence-electron chi connectivity index (χ1n) is 7.72. The summed E-state index contributed by atoms with van der Waals surface area (Å²) in [6, 6.07) is 9.51. The first-order chi connectivity index (χ1) is 11.7. The number of hydrogen-bond donors (Lipinski definition) is 1. The van der Waals surface area contributed by atoms with Gasteiger partial charge >= 0.3 is 0 Å². The zero-order chi connectivity index (χ0) is 16.8. The van der Waals surface area contributed by atoms with Crippen LogP contribution in [-0.2, 0) is 6.54 Å². The summed E-state index contributed by atoms with van der Waals surface area (Å²) in [5.41, 5.74) is 7.01. The third kappa shape index (κ3) is 6.03. The summed E-state index contributed by atoms with van der Waals surface area (Å²) >= 11 is 1.93. The van der Waals surface area contributed by atoms with Gasteiger partial charge in [0.15, 0.2) is 5.96 Å². The number of benzene rings is 1. The fraction of sp³-hybridized carbons (Fsp3) is 0.294. The van der Waals surface area contributed by atoms with Crippen LogP contribution in [0.2, 0.25) is 0 Å². The van der Waals surface area contributed by atoms with Gasteiger partial charge in [-0.1, -0.05) is 0 Å². The van der Waals surface area contributed by atoms with Crippen LogP contribution in [0.3, 0.4) is 0 Å². The third-order valence-corrected chi connectivity index (χ3v) is 4.54. The van der Waals surface area contributed by atoms with Gasteiger partial charge in [-0.2, -0.15) is 11.8 Å². The zero-order valence-electron chi connectivity index (χ0n) is 13.6. The van der Waals surface area contributed by atoms with Crippen LogP contribution in [0.1, 0.15) is 5.56 Å². The molecule has 25 heavy (non-hydrogen) atoms. The largest absolute Gasteiger partial charge is 0.439 e. The zero-order valence-corrected chi connectivity index (χ0v) is 16.7. The highest BCUT2D eigenvalue weighted by Crippen LogP contribution is 2.20. The number of nitrogens with zero attached hydrogens (tertiary/aromatic N) is 3. The van der Waals surface area contributed by atoms with Gasteiger partial charge in [-0.15, -0.1) is 24.0 Å². The number of aliphatic imine (C=N–C) groups is 1. The van der Waals surface area contributed by atoms with E-state index in [1.54, 1.807) is 18.3 Å². The fourth-order valence-electron chi connectivity index (χ4n) is 2.29. The molecule has 1 aromatic carbocycles. The molecule has 2 aromatic rings. The molecule has 1 aliphatic heterocycles. The van der Waals surface area contributed by atoms with Gasteiger partial charge in [-0.3, -0.25) is 0 Å². The Morgan fingerprint density at radius 2 is 1.96 bits per heavy atom. The average molecular weight is 474 g/mol.